The summed E-state index contributed by atoms with van der Waals surface area (Å²) in [6, 6.07) is 4.55. The fourth-order valence-electron chi connectivity index (χ4n) is 3.37. The number of nitrogens with two attached hydrogens (primary N) is 1. The Balaban J connectivity index is 1.73. The first-order chi connectivity index (χ1) is 15.7. The number of hydrogen-bond acceptors (Lipinski definition) is 12. The van der Waals surface area contributed by atoms with Crippen LogP contribution in [0, 0.1) is 5.21 Å². The van der Waals surface area contributed by atoms with Gasteiger partial charge in [-0.2, -0.15) is 15.3 Å². The van der Waals surface area contributed by atoms with E-state index in [1.165, 1.54) is 16.8 Å². The SMILES string of the molecule is Nc1nc2c(nc(N/N=C\c3ccc(Br)c([NH+]([O-])O)c3)n2[C@H]2O[C@@H](CO)[C@@H](O)[C@H]2O)c(=O)[nH]1. The Hall–Kier alpha value is -2.96. The van der Waals surface area contributed by atoms with E-state index in [0.29, 0.717) is 10.0 Å². The minimum Gasteiger partial charge on any atom is -0.595 e. The molecule has 1 fully saturated rings. The van der Waals surface area contributed by atoms with Crippen molar-refractivity contribution in [2.45, 2.75) is 24.5 Å². The number of quaternary nitrogens is 1. The number of nitrogens with one attached hydrogen (secondary N) is 3. The number of hydrazone groups is 1. The number of hydrogen-bond donors (Lipinski definition) is 8. The smallest absolute Gasteiger partial charge is 0.280 e. The van der Waals surface area contributed by atoms with Crippen molar-refractivity contribution in [3.8, 4) is 0 Å². The van der Waals surface area contributed by atoms with E-state index in [0.717, 1.165) is 0 Å². The number of aliphatic hydroxyl groups is 3. The fraction of sp³-hybridized carbons (Fsp3) is 0.294. The maximum absolute atomic E-state index is 12.3. The number of H-pyrrole nitrogens is 1. The molecule has 176 valence electrons. The molecule has 2 aromatic heterocycles. The molecule has 33 heavy (non-hydrogen) atoms. The molecule has 0 radical (unpaired) electrons. The zero-order valence-corrected chi connectivity index (χ0v) is 18.2. The summed E-state index contributed by atoms with van der Waals surface area (Å²) < 4.78 is 7.13. The number of imidazole rings is 1. The highest BCUT2D eigenvalue weighted by atomic mass is 79.9. The second kappa shape index (κ2) is 9.12. The lowest BCUT2D eigenvalue weighted by atomic mass is 10.1. The Labute approximate surface area is 192 Å². The molecule has 0 aliphatic carbocycles. The van der Waals surface area contributed by atoms with Crippen molar-refractivity contribution in [1.29, 1.82) is 0 Å². The molecule has 0 spiro atoms. The number of fused-ring (bicyclic) bond motifs is 1. The van der Waals surface area contributed by atoms with Crippen molar-refractivity contribution in [3.63, 3.8) is 0 Å². The van der Waals surface area contributed by atoms with E-state index in [-0.39, 0.29) is 28.7 Å². The summed E-state index contributed by atoms with van der Waals surface area (Å²) in [6.07, 6.45) is -3.96. The van der Waals surface area contributed by atoms with E-state index in [4.69, 9.17) is 10.5 Å². The summed E-state index contributed by atoms with van der Waals surface area (Å²) in [6.45, 7) is -0.562. The van der Waals surface area contributed by atoms with Gasteiger partial charge in [0.25, 0.3) is 5.56 Å². The van der Waals surface area contributed by atoms with E-state index >= 15 is 0 Å². The standard InChI is InChI=1S/C17H19BrN8O7/c18-7-2-1-6(3-8(7)26(31)32)4-20-24-17-21-10-13(22-16(19)23-14(10)30)25(17)15-12(29)11(28)9(5-27)33-15/h1-4,9,11-12,15,26-29,31H,5H2,(H,21,24)(H3,19,22,23,30)/b20-4-/t9-,11+,12+,15-/m0/s1. The maximum atomic E-state index is 12.3. The van der Waals surface area contributed by atoms with Crippen molar-refractivity contribution in [2.24, 2.45) is 5.10 Å². The van der Waals surface area contributed by atoms with Crippen molar-refractivity contribution in [2.75, 3.05) is 17.8 Å². The quantitative estimate of drug-likeness (QED) is 0.128. The normalized spacial score (nSPS) is 24.1. The van der Waals surface area contributed by atoms with Gasteiger partial charge in [-0.05, 0) is 22.0 Å². The Morgan fingerprint density at radius 3 is 2.82 bits per heavy atom. The van der Waals surface area contributed by atoms with Gasteiger partial charge in [0.15, 0.2) is 23.1 Å². The van der Waals surface area contributed by atoms with Gasteiger partial charge in [0.05, 0.1) is 17.3 Å². The van der Waals surface area contributed by atoms with Crippen molar-refractivity contribution in [3.05, 3.63) is 43.8 Å². The minimum atomic E-state index is -1.49. The van der Waals surface area contributed by atoms with Crippen molar-refractivity contribution < 1.29 is 30.5 Å². The Kier molecular flexibility index (Phi) is 6.41. The Morgan fingerprint density at radius 2 is 2.15 bits per heavy atom. The molecule has 1 aliphatic heterocycles. The van der Waals surface area contributed by atoms with Crippen LogP contribution in [0.2, 0.25) is 0 Å². The lowest BCUT2D eigenvalue weighted by Crippen LogP contribution is -2.99. The van der Waals surface area contributed by atoms with Crippen LogP contribution in [0.15, 0.2) is 32.6 Å². The van der Waals surface area contributed by atoms with E-state index in [1.807, 2.05) is 0 Å². The molecular formula is C17H19BrN8O7. The monoisotopic (exact) mass is 526 g/mol. The zero-order valence-electron chi connectivity index (χ0n) is 16.6. The number of nitrogens with zero attached hydrogens (tertiary/aromatic N) is 4. The van der Waals surface area contributed by atoms with Crippen LogP contribution in [0.1, 0.15) is 11.8 Å². The van der Waals surface area contributed by atoms with Crippen molar-refractivity contribution >= 4 is 50.9 Å². The molecule has 1 aromatic carbocycles. The highest BCUT2D eigenvalue weighted by Crippen LogP contribution is 2.34. The van der Waals surface area contributed by atoms with Crippen LogP contribution < -0.4 is 21.9 Å². The van der Waals surface area contributed by atoms with Gasteiger partial charge in [-0.3, -0.25) is 14.3 Å². The number of aromatic amines is 1. The van der Waals surface area contributed by atoms with E-state index in [2.05, 4.69) is 41.4 Å². The highest BCUT2D eigenvalue weighted by molar-refractivity contribution is 9.10. The molecule has 16 heteroatoms. The zero-order chi connectivity index (χ0) is 23.9. The summed E-state index contributed by atoms with van der Waals surface area (Å²) >= 11 is 3.16. The van der Waals surface area contributed by atoms with E-state index in [9.17, 15) is 30.5 Å². The first kappa shape index (κ1) is 23.2. The largest absolute Gasteiger partial charge is 0.595 e. The predicted octanol–water partition coefficient (Wildman–Crippen LogP) is -2.07. The van der Waals surface area contributed by atoms with Crippen LogP contribution in [0.3, 0.4) is 0 Å². The van der Waals surface area contributed by atoms with Crippen LogP contribution >= 0.6 is 15.9 Å². The number of aliphatic hydroxyl groups excluding tert-OH is 3. The summed E-state index contributed by atoms with van der Waals surface area (Å²) in [5.41, 5.74) is 7.86. The second-order valence-electron chi connectivity index (χ2n) is 7.07. The lowest BCUT2D eigenvalue weighted by molar-refractivity contribution is -0.991. The Morgan fingerprint density at radius 1 is 1.39 bits per heavy atom. The molecule has 9 N–H and O–H groups in total. The van der Waals surface area contributed by atoms with E-state index in [1.54, 1.807) is 12.1 Å². The van der Waals surface area contributed by atoms with Gasteiger partial charge < -0.3 is 31.0 Å². The number of nitrogen functional groups attached to an aromatic ring is 1. The third kappa shape index (κ3) is 4.33. The molecule has 0 saturated carbocycles. The molecule has 0 amide bonds. The lowest BCUT2D eigenvalue weighted by Gasteiger charge is -2.18. The van der Waals surface area contributed by atoms with Gasteiger partial charge >= 0.3 is 0 Å². The number of benzene rings is 1. The topological polar surface area (TPSA) is 232 Å². The number of anilines is 2. The summed E-state index contributed by atoms with van der Waals surface area (Å²) in [4.78, 5) is 22.8. The Bertz CT molecular complexity index is 1260. The number of ether oxygens (including phenoxy) is 1. The molecule has 4 rings (SSSR count). The van der Waals surface area contributed by atoms with E-state index < -0.39 is 41.9 Å². The van der Waals surface area contributed by atoms with Gasteiger partial charge in [-0.15, -0.1) is 0 Å². The highest BCUT2D eigenvalue weighted by Gasteiger charge is 2.45. The molecule has 1 saturated heterocycles. The molecule has 5 atom stereocenters. The second-order valence-corrected chi connectivity index (χ2v) is 7.93. The first-order valence-corrected chi connectivity index (χ1v) is 10.2. The number of aromatic nitrogens is 4. The number of halogens is 1. The van der Waals surface area contributed by atoms with Crippen LogP contribution in [0.5, 0.6) is 0 Å². The minimum absolute atomic E-state index is 0.0314. The van der Waals surface area contributed by atoms with Gasteiger partial charge in [-0.1, -0.05) is 6.07 Å². The van der Waals surface area contributed by atoms with Gasteiger partial charge in [0.1, 0.15) is 18.3 Å². The molecule has 3 aromatic rings. The molecule has 0 bridgehead atoms. The van der Waals surface area contributed by atoms with Crippen LogP contribution in [0.25, 0.3) is 11.2 Å². The van der Waals surface area contributed by atoms with Crippen molar-refractivity contribution in [1.82, 2.24) is 19.5 Å². The van der Waals surface area contributed by atoms with Gasteiger partial charge in [-0.25, -0.2) is 15.6 Å². The van der Waals surface area contributed by atoms with Crippen LogP contribution in [-0.4, -0.2) is 71.2 Å². The van der Waals surface area contributed by atoms with Crippen LogP contribution in [0.4, 0.5) is 17.6 Å². The van der Waals surface area contributed by atoms with Gasteiger partial charge in [0, 0.05) is 11.6 Å². The molecule has 15 nitrogen and oxygen atoms in total. The third-order valence-electron chi connectivity index (χ3n) is 4.94. The van der Waals surface area contributed by atoms with Gasteiger partial charge in [0.2, 0.25) is 11.9 Å². The van der Waals surface area contributed by atoms with Crippen LogP contribution in [-0.2, 0) is 4.74 Å². The fourth-order valence-corrected chi connectivity index (χ4v) is 3.78. The summed E-state index contributed by atoms with van der Waals surface area (Å²) in [5.74, 6) is -0.304. The summed E-state index contributed by atoms with van der Waals surface area (Å²) in [5, 5.41) is 53.4. The predicted molar refractivity (Wildman–Crippen MR) is 117 cm³/mol. The molecule has 3 heterocycles. The summed E-state index contributed by atoms with van der Waals surface area (Å²) in [7, 11) is 0. The third-order valence-corrected chi connectivity index (χ3v) is 5.63. The average molecular weight is 527 g/mol. The molecule has 1 aliphatic rings. The molecule has 1 unspecified atom stereocenters. The molecular weight excluding hydrogens is 508 g/mol. The number of rotatable bonds is 6. The maximum Gasteiger partial charge on any atom is 0.280 e. The average Bonchev–Trinajstić information content (AvgIpc) is 3.26. The first-order valence-electron chi connectivity index (χ1n) is 9.43.